The summed E-state index contributed by atoms with van der Waals surface area (Å²) in [6.07, 6.45) is -0.583. The lowest BCUT2D eigenvalue weighted by Crippen LogP contribution is -2.30. The third kappa shape index (κ3) is 4.37. The van der Waals surface area contributed by atoms with Gasteiger partial charge in [0.2, 0.25) is 11.2 Å². The minimum atomic E-state index is -1.76. The Bertz CT molecular complexity index is 858. The third-order valence-corrected chi connectivity index (χ3v) is 5.35. The quantitative estimate of drug-likeness (QED) is 0.558. The van der Waals surface area contributed by atoms with Gasteiger partial charge >= 0.3 is 0 Å². The molecule has 0 aliphatic carbocycles. The topological polar surface area (TPSA) is 110 Å². The fraction of sp³-hybridized carbons (Fsp3) is 0.632. The molecule has 10 heteroatoms. The number of hydrogen-bond acceptors (Lipinski definition) is 6. The minimum Gasteiger partial charge on any atom is -0.394 e. The summed E-state index contributed by atoms with van der Waals surface area (Å²) in [6.45, 7) is 3.54. The molecule has 1 saturated heterocycles. The monoisotopic (exact) mass is 428 g/mol. The molecule has 0 bridgehead atoms. The van der Waals surface area contributed by atoms with E-state index in [4.69, 9.17) is 16.3 Å². The highest BCUT2D eigenvalue weighted by Gasteiger charge is 2.45. The summed E-state index contributed by atoms with van der Waals surface area (Å²) < 4.78 is 21.4. The summed E-state index contributed by atoms with van der Waals surface area (Å²) in [5, 5.41) is 22.4. The van der Waals surface area contributed by atoms with Crippen molar-refractivity contribution in [3.8, 4) is 0 Å². The molecule has 1 amide bonds. The molecule has 3 heterocycles. The zero-order valence-corrected chi connectivity index (χ0v) is 17.1. The Hall–Kier alpha value is -1.81. The molecule has 4 atom stereocenters. The molecule has 1 fully saturated rings. The lowest BCUT2D eigenvalue weighted by Gasteiger charge is -2.17. The van der Waals surface area contributed by atoms with Gasteiger partial charge in [-0.2, -0.15) is 9.97 Å². The maximum absolute atomic E-state index is 14.5. The Labute approximate surface area is 173 Å². The molecule has 8 nitrogen and oxygen atoms in total. The second-order valence-corrected chi connectivity index (χ2v) is 7.59. The molecule has 1 aliphatic rings. The van der Waals surface area contributed by atoms with E-state index in [1.807, 2.05) is 13.8 Å². The molecule has 2 aromatic rings. The van der Waals surface area contributed by atoms with Crippen LogP contribution in [-0.4, -0.2) is 55.6 Å². The predicted octanol–water partition coefficient (Wildman–Crippen LogP) is 2.83. The number of carbonyl (C=O) groups excluding carboxylic acids is 1. The Balaban J connectivity index is 1.93. The van der Waals surface area contributed by atoms with Crippen molar-refractivity contribution in [1.29, 1.82) is 0 Å². The van der Waals surface area contributed by atoms with Crippen molar-refractivity contribution < 1.29 is 24.1 Å². The molecule has 0 spiro atoms. The van der Waals surface area contributed by atoms with Crippen molar-refractivity contribution in [2.24, 2.45) is 5.92 Å². The van der Waals surface area contributed by atoms with E-state index in [1.54, 1.807) is 6.07 Å². The molecule has 29 heavy (non-hydrogen) atoms. The number of aromatic nitrogens is 3. The number of aliphatic hydroxyl groups is 2. The lowest BCUT2D eigenvalue weighted by atomic mass is 9.97. The minimum absolute atomic E-state index is 0.108. The zero-order valence-electron chi connectivity index (χ0n) is 16.4. The van der Waals surface area contributed by atoms with Crippen LogP contribution in [0.25, 0.3) is 11.0 Å². The Morgan fingerprint density at radius 2 is 2.07 bits per heavy atom. The van der Waals surface area contributed by atoms with E-state index in [0.717, 1.165) is 25.7 Å². The van der Waals surface area contributed by atoms with E-state index in [9.17, 15) is 19.4 Å². The van der Waals surface area contributed by atoms with Crippen molar-refractivity contribution in [3.05, 3.63) is 17.5 Å². The Kier molecular flexibility index (Phi) is 7.05. The van der Waals surface area contributed by atoms with Crippen LogP contribution in [0, 0.1) is 5.92 Å². The molecule has 1 unspecified atom stereocenters. The van der Waals surface area contributed by atoms with E-state index in [0.29, 0.717) is 5.39 Å². The highest BCUT2D eigenvalue weighted by atomic mass is 35.5. The summed E-state index contributed by atoms with van der Waals surface area (Å²) in [6, 6.07) is 1.63. The number of aliphatic hydroxyl groups excluding tert-OH is 2. The summed E-state index contributed by atoms with van der Waals surface area (Å²) in [4.78, 5) is 21.0. The molecule has 0 saturated carbocycles. The van der Waals surface area contributed by atoms with Crippen LogP contribution in [0.5, 0.6) is 0 Å². The zero-order chi connectivity index (χ0) is 21.1. The van der Waals surface area contributed by atoms with E-state index in [-0.39, 0.29) is 28.6 Å². The Morgan fingerprint density at radius 1 is 1.38 bits per heavy atom. The van der Waals surface area contributed by atoms with Crippen LogP contribution in [0.3, 0.4) is 0 Å². The number of halogens is 2. The van der Waals surface area contributed by atoms with Gasteiger partial charge in [-0.3, -0.25) is 4.79 Å². The number of fused-ring (bicyclic) bond motifs is 1. The van der Waals surface area contributed by atoms with E-state index in [2.05, 4.69) is 15.3 Å². The molecule has 3 rings (SSSR count). The van der Waals surface area contributed by atoms with Crippen LogP contribution in [0.2, 0.25) is 5.28 Å². The summed E-state index contributed by atoms with van der Waals surface area (Å²) in [5.41, 5.74) is 0.265. The average Bonchev–Trinajstić information content (AvgIpc) is 3.23. The number of amides is 1. The van der Waals surface area contributed by atoms with Gasteiger partial charge in [0.25, 0.3) is 0 Å². The molecule has 3 N–H and O–H groups in total. The van der Waals surface area contributed by atoms with Crippen molar-refractivity contribution >= 4 is 34.4 Å². The van der Waals surface area contributed by atoms with Gasteiger partial charge in [-0.15, -0.1) is 0 Å². The highest BCUT2D eigenvalue weighted by molar-refractivity contribution is 6.29. The van der Waals surface area contributed by atoms with Crippen molar-refractivity contribution in [2.45, 2.75) is 64.1 Å². The fourth-order valence-electron chi connectivity index (χ4n) is 3.71. The number of nitrogens with one attached hydrogen (secondary N) is 1. The molecular formula is C19H26ClFN4O4. The van der Waals surface area contributed by atoms with Gasteiger partial charge in [-0.25, -0.2) is 4.39 Å². The summed E-state index contributed by atoms with van der Waals surface area (Å²) in [7, 11) is 0. The third-order valence-electron chi connectivity index (χ3n) is 5.18. The number of rotatable bonds is 8. The largest absolute Gasteiger partial charge is 0.394 e. The van der Waals surface area contributed by atoms with Crippen LogP contribution in [0.15, 0.2) is 12.3 Å². The smallest absolute Gasteiger partial charge is 0.228 e. The molecule has 0 aromatic carbocycles. The number of nitrogens with zero attached hydrogens (tertiary/aromatic N) is 3. The molecule has 0 radical (unpaired) electrons. The fourth-order valence-corrected chi connectivity index (χ4v) is 3.87. The lowest BCUT2D eigenvalue weighted by molar-refractivity contribution is -0.120. The predicted molar refractivity (Wildman–Crippen MR) is 106 cm³/mol. The Morgan fingerprint density at radius 3 is 2.66 bits per heavy atom. The SMILES string of the molecule is CCCC(CCC)C(=O)Nc1nc(Cl)nc2c1ccn2[C@@H]1O[C@H](CO)C(O)[C@H]1F. The molecule has 160 valence electrons. The first-order valence-corrected chi connectivity index (χ1v) is 10.2. The number of anilines is 1. The number of ether oxygens (including phenoxy) is 1. The maximum atomic E-state index is 14.5. The molecular weight excluding hydrogens is 403 g/mol. The maximum Gasteiger partial charge on any atom is 0.228 e. The van der Waals surface area contributed by atoms with E-state index < -0.39 is 31.2 Å². The van der Waals surface area contributed by atoms with E-state index >= 15 is 0 Å². The van der Waals surface area contributed by atoms with Gasteiger partial charge < -0.3 is 24.8 Å². The standard InChI is InChI=1S/C19H26ClFN4O4/c1-3-5-10(6-4-2)17(28)22-15-11-7-8-25(16(11)24-19(20)23-15)18-13(21)14(27)12(9-26)29-18/h7-8,10,12-14,18,26-27H,3-6,9H2,1-2H3,(H,22,23,24,28)/t12-,13-,14?,18-/m1/s1. The first-order valence-electron chi connectivity index (χ1n) is 9.84. The first-order chi connectivity index (χ1) is 13.9. The van der Waals surface area contributed by atoms with Crippen molar-refractivity contribution in [3.63, 3.8) is 0 Å². The summed E-state index contributed by atoms with van der Waals surface area (Å²) in [5.74, 6) is -0.0351. The molecule has 2 aromatic heterocycles. The van der Waals surface area contributed by atoms with Gasteiger partial charge in [0.1, 0.15) is 23.7 Å². The van der Waals surface area contributed by atoms with Crippen LogP contribution in [0.1, 0.15) is 45.8 Å². The average molecular weight is 429 g/mol. The van der Waals surface area contributed by atoms with Gasteiger partial charge in [-0.1, -0.05) is 26.7 Å². The van der Waals surface area contributed by atoms with Gasteiger partial charge in [0, 0.05) is 12.1 Å². The second kappa shape index (κ2) is 9.34. The van der Waals surface area contributed by atoms with Crippen LogP contribution in [-0.2, 0) is 9.53 Å². The van der Waals surface area contributed by atoms with Crippen LogP contribution >= 0.6 is 11.6 Å². The van der Waals surface area contributed by atoms with Gasteiger partial charge in [0.05, 0.1) is 12.0 Å². The van der Waals surface area contributed by atoms with Crippen LogP contribution < -0.4 is 5.32 Å². The number of carbonyl (C=O) groups is 1. The second-order valence-electron chi connectivity index (χ2n) is 7.25. The van der Waals surface area contributed by atoms with Gasteiger partial charge in [0.15, 0.2) is 12.4 Å². The first kappa shape index (κ1) is 21.9. The summed E-state index contributed by atoms with van der Waals surface area (Å²) >= 11 is 6.05. The number of hydrogen-bond donors (Lipinski definition) is 3. The van der Waals surface area contributed by atoms with Crippen molar-refractivity contribution in [1.82, 2.24) is 14.5 Å². The van der Waals surface area contributed by atoms with E-state index in [1.165, 1.54) is 10.8 Å². The molecule has 1 aliphatic heterocycles. The normalized spacial score (nSPS) is 24.5. The van der Waals surface area contributed by atoms with Crippen LogP contribution in [0.4, 0.5) is 10.2 Å². The highest BCUT2D eigenvalue weighted by Crippen LogP contribution is 2.35. The number of alkyl halides is 1. The van der Waals surface area contributed by atoms with Gasteiger partial charge in [-0.05, 0) is 30.5 Å². The van der Waals surface area contributed by atoms with Crippen molar-refractivity contribution in [2.75, 3.05) is 11.9 Å².